The third-order valence-electron chi connectivity index (χ3n) is 3.52. The van der Waals surface area contributed by atoms with Crippen molar-refractivity contribution in [2.45, 2.75) is 26.7 Å². The number of aryl methyl sites for hydroxylation is 1. The van der Waals surface area contributed by atoms with Gasteiger partial charge >= 0.3 is 11.8 Å². The van der Waals surface area contributed by atoms with Crippen molar-refractivity contribution in [2.24, 2.45) is 5.92 Å². The molecule has 0 aromatic carbocycles. The molecule has 2 heterocycles. The summed E-state index contributed by atoms with van der Waals surface area (Å²) < 4.78 is 0. The third kappa shape index (κ3) is 3.26. The number of hydrogen-bond acceptors (Lipinski definition) is 4. The van der Waals surface area contributed by atoms with Gasteiger partial charge < -0.3 is 16.0 Å². The molecule has 0 radical (unpaired) electrons. The van der Waals surface area contributed by atoms with Gasteiger partial charge in [0.2, 0.25) is 0 Å². The molecule has 1 fully saturated rings. The van der Waals surface area contributed by atoms with Crippen LogP contribution >= 0.6 is 0 Å². The smallest absolute Gasteiger partial charge is 0.313 e. The summed E-state index contributed by atoms with van der Waals surface area (Å²) in [4.78, 5) is 29.6. The van der Waals surface area contributed by atoms with Crippen molar-refractivity contribution in [2.75, 3.05) is 24.1 Å². The van der Waals surface area contributed by atoms with E-state index in [1.807, 2.05) is 0 Å². The van der Waals surface area contributed by atoms with Crippen molar-refractivity contribution in [1.82, 2.24) is 9.88 Å². The molecule has 1 aliphatic heterocycles. The van der Waals surface area contributed by atoms with Gasteiger partial charge in [0.15, 0.2) is 0 Å². The lowest BCUT2D eigenvalue weighted by molar-refractivity contribution is -0.144. The average Bonchev–Trinajstić information content (AvgIpc) is 2.42. The molecule has 0 bridgehead atoms. The zero-order valence-electron chi connectivity index (χ0n) is 11.8. The van der Waals surface area contributed by atoms with Crippen LogP contribution in [0, 0.1) is 12.8 Å². The highest BCUT2D eigenvalue weighted by molar-refractivity contribution is 6.39. The van der Waals surface area contributed by atoms with Gasteiger partial charge in [-0.15, -0.1) is 0 Å². The lowest BCUT2D eigenvalue weighted by Gasteiger charge is -2.30. The Bertz CT molecular complexity index is 530. The van der Waals surface area contributed by atoms with Crippen LogP contribution in [0.4, 0.5) is 11.5 Å². The largest absolute Gasteiger partial charge is 0.383 e. The minimum atomic E-state index is -0.620. The summed E-state index contributed by atoms with van der Waals surface area (Å²) in [5.41, 5.74) is 6.86. The molecule has 2 rings (SSSR count). The molecule has 3 N–H and O–H groups in total. The first-order chi connectivity index (χ1) is 9.47. The highest BCUT2D eigenvalue weighted by Gasteiger charge is 2.26. The van der Waals surface area contributed by atoms with Gasteiger partial charge in [-0.2, -0.15) is 0 Å². The van der Waals surface area contributed by atoms with Gasteiger partial charge in [0.25, 0.3) is 0 Å². The lowest BCUT2D eigenvalue weighted by Crippen LogP contribution is -2.44. The Morgan fingerprint density at radius 1 is 1.50 bits per heavy atom. The molecule has 6 nitrogen and oxygen atoms in total. The van der Waals surface area contributed by atoms with E-state index in [4.69, 9.17) is 5.73 Å². The molecule has 2 amide bonds. The Kier molecular flexibility index (Phi) is 4.22. The Morgan fingerprint density at radius 2 is 2.25 bits per heavy atom. The van der Waals surface area contributed by atoms with Crippen LogP contribution in [-0.2, 0) is 9.59 Å². The van der Waals surface area contributed by atoms with E-state index in [9.17, 15) is 9.59 Å². The molecule has 1 aliphatic rings. The molecule has 6 heteroatoms. The standard InChI is InChI=1S/C14H20N4O2/c1-9-4-3-5-18(8-9)14(20)13(19)17-11-6-10(2)12(15)16-7-11/h6-7,9H,3-5,8H2,1-2H3,(H2,15,16)(H,17,19). The van der Waals surface area contributed by atoms with Crippen LogP contribution < -0.4 is 11.1 Å². The number of amides is 2. The lowest BCUT2D eigenvalue weighted by atomic mass is 10.0. The monoisotopic (exact) mass is 276 g/mol. The molecule has 1 aromatic rings. The number of nitrogens with zero attached hydrogens (tertiary/aromatic N) is 2. The summed E-state index contributed by atoms with van der Waals surface area (Å²) in [5, 5.41) is 2.57. The predicted molar refractivity (Wildman–Crippen MR) is 77.0 cm³/mol. The van der Waals surface area contributed by atoms with Crippen molar-refractivity contribution in [1.29, 1.82) is 0 Å². The normalized spacial score (nSPS) is 18.7. The van der Waals surface area contributed by atoms with Gasteiger partial charge in [0, 0.05) is 13.1 Å². The van der Waals surface area contributed by atoms with E-state index >= 15 is 0 Å². The molecule has 0 saturated carbocycles. The van der Waals surface area contributed by atoms with Gasteiger partial charge in [0.05, 0.1) is 11.9 Å². The van der Waals surface area contributed by atoms with Crippen LogP contribution in [0.25, 0.3) is 0 Å². The summed E-state index contributed by atoms with van der Waals surface area (Å²) in [5.74, 6) is -0.240. The number of nitrogens with two attached hydrogens (primary N) is 1. The number of nitrogens with one attached hydrogen (secondary N) is 1. The minimum Gasteiger partial charge on any atom is -0.383 e. The van der Waals surface area contributed by atoms with E-state index in [1.54, 1.807) is 17.9 Å². The highest BCUT2D eigenvalue weighted by Crippen LogP contribution is 2.17. The minimum absolute atomic E-state index is 0.416. The third-order valence-corrected chi connectivity index (χ3v) is 3.52. The molecule has 1 unspecified atom stereocenters. The number of carbonyl (C=O) groups excluding carboxylic acids is 2. The zero-order chi connectivity index (χ0) is 14.7. The second kappa shape index (κ2) is 5.90. The number of piperidine rings is 1. The van der Waals surface area contributed by atoms with E-state index in [0.29, 0.717) is 30.5 Å². The van der Waals surface area contributed by atoms with E-state index in [1.165, 1.54) is 6.20 Å². The van der Waals surface area contributed by atoms with Crippen LogP contribution in [0.2, 0.25) is 0 Å². The maximum absolute atomic E-state index is 12.1. The Hall–Kier alpha value is -2.11. The first kappa shape index (κ1) is 14.3. The fourth-order valence-corrected chi connectivity index (χ4v) is 2.36. The number of aromatic nitrogens is 1. The second-order valence-corrected chi connectivity index (χ2v) is 5.38. The molecule has 1 atom stereocenters. The molecule has 1 aromatic heterocycles. The number of pyridine rings is 1. The Balaban J connectivity index is 2.00. The maximum Gasteiger partial charge on any atom is 0.313 e. The van der Waals surface area contributed by atoms with Gasteiger partial charge in [-0.25, -0.2) is 4.98 Å². The van der Waals surface area contributed by atoms with Crippen LogP contribution in [-0.4, -0.2) is 34.8 Å². The van der Waals surface area contributed by atoms with Crippen molar-refractivity contribution in [3.8, 4) is 0 Å². The Labute approximate surface area is 118 Å². The van der Waals surface area contributed by atoms with Gasteiger partial charge in [0.1, 0.15) is 5.82 Å². The quantitative estimate of drug-likeness (QED) is 0.754. The molecule has 0 spiro atoms. The topological polar surface area (TPSA) is 88.3 Å². The molecule has 20 heavy (non-hydrogen) atoms. The summed E-state index contributed by atoms with van der Waals surface area (Å²) in [7, 11) is 0. The van der Waals surface area contributed by atoms with Gasteiger partial charge in [-0.05, 0) is 37.3 Å². The van der Waals surface area contributed by atoms with E-state index in [-0.39, 0.29) is 0 Å². The van der Waals surface area contributed by atoms with Crippen molar-refractivity contribution in [3.05, 3.63) is 17.8 Å². The first-order valence-electron chi connectivity index (χ1n) is 6.79. The van der Waals surface area contributed by atoms with E-state index in [2.05, 4.69) is 17.2 Å². The number of anilines is 2. The van der Waals surface area contributed by atoms with Crippen molar-refractivity contribution in [3.63, 3.8) is 0 Å². The molecular weight excluding hydrogens is 256 g/mol. The first-order valence-corrected chi connectivity index (χ1v) is 6.79. The highest BCUT2D eigenvalue weighted by atomic mass is 16.2. The van der Waals surface area contributed by atoms with E-state index < -0.39 is 11.8 Å². The maximum atomic E-state index is 12.1. The Morgan fingerprint density at radius 3 is 2.90 bits per heavy atom. The summed E-state index contributed by atoms with van der Waals surface area (Å²) in [6.45, 7) is 5.18. The van der Waals surface area contributed by atoms with Crippen LogP contribution in [0.3, 0.4) is 0 Å². The van der Waals surface area contributed by atoms with Crippen LogP contribution in [0.1, 0.15) is 25.3 Å². The fourth-order valence-electron chi connectivity index (χ4n) is 2.36. The summed E-state index contributed by atoms with van der Waals surface area (Å²) >= 11 is 0. The predicted octanol–water partition coefficient (Wildman–Crippen LogP) is 1.17. The molecular formula is C14H20N4O2. The van der Waals surface area contributed by atoms with Crippen molar-refractivity contribution >= 4 is 23.3 Å². The number of rotatable bonds is 1. The number of likely N-dealkylation sites (tertiary alicyclic amines) is 1. The van der Waals surface area contributed by atoms with Gasteiger partial charge in [-0.1, -0.05) is 6.92 Å². The number of hydrogen-bond donors (Lipinski definition) is 2. The van der Waals surface area contributed by atoms with Gasteiger partial charge in [-0.3, -0.25) is 9.59 Å². The van der Waals surface area contributed by atoms with Crippen molar-refractivity contribution < 1.29 is 9.59 Å². The molecule has 0 aliphatic carbocycles. The van der Waals surface area contributed by atoms with Crippen LogP contribution in [0.15, 0.2) is 12.3 Å². The zero-order valence-corrected chi connectivity index (χ0v) is 11.8. The molecule has 1 saturated heterocycles. The second-order valence-electron chi connectivity index (χ2n) is 5.38. The molecule has 108 valence electrons. The average molecular weight is 276 g/mol. The number of nitrogen functional groups attached to an aromatic ring is 1. The summed E-state index contributed by atoms with van der Waals surface area (Å²) in [6, 6.07) is 1.70. The SMILES string of the molecule is Cc1cc(NC(=O)C(=O)N2CCCC(C)C2)cnc1N. The van der Waals surface area contributed by atoms with Crippen LogP contribution in [0.5, 0.6) is 0 Å². The summed E-state index contributed by atoms with van der Waals surface area (Å²) in [6.07, 6.45) is 3.50. The number of carbonyl (C=O) groups is 2. The van der Waals surface area contributed by atoms with E-state index in [0.717, 1.165) is 18.4 Å². The fraction of sp³-hybridized carbons (Fsp3) is 0.500.